The highest BCUT2D eigenvalue weighted by Crippen LogP contribution is 2.38. The van der Waals surface area contributed by atoms with Crippen LogP contribution < -0.4 is 16.3 Å². The number of carbonyl (C=O) groups is 1. The maximum atomic E-state index is 13.3. The van der Waals surface area contributed by atoms with Crippen LogP contribution in [-0.2, 0) is 0 Å². The quantitative estimate of drug-likeness (QED) is 0.661. The molecule has 3 rings (SSSR count). The lowest BCUT2D eigenvalue weighted by Crippen LogP contribution is -2.39. The highest BCUT2D eigenvalue weighted by Gasteiger charge is 2.31. The molecule has 2 N–H and O–H groups in total. The molecule has 0 aliphatic heterocycles. The van der Waals surface area contributed by atoms with E-state index in [1.807, 2.05) is 39.0 Å². The summed E-state index contributed by atoms with van der Waals surface area (Å²) in [6.07, 6.45) is 4.34. The van der Waals surface area contributed by atoms with E-state index in [4.69, 9.17) is 0 Å². The summed E-state index contributed by atoms with van der Waals surface area (Å²) in [5.74, 6) is 0.322. The summed E-state index contributed by atoms with van der Waals surface area (Å²) < 4.78 is 1.91. The monoisotopic (exact) mass is 445 g/mol. The van der Waals surface area contributed by atoms with Crippen molar-refractivity contribution in [3.05, 3.63) is 67.5 Å². The summed E-state index contributed by atoms with van der Waals surface area (Å²) in [6, 6.07) is 10.1. The van der Waals surface area contributed by atoms with Crippen LogP contribution in [0, 0.1) is 19.8 Å². The van der Waals surface area contributed by atoms with Crippen LogP contribution in [0.2, 0.25) is 0 Å². The number of pyridine rings is 1. The van der Waals surface area contributed by atoms with Crippen molar-refractivity contribution in [2.75, 3.05) is 12.0 Å². The third-order valence-electron chi connectivity index (χ3n) is 5.61. The van der Waals surface area contributed by atoms with Crippen molar-refractivity contribution in [2.45, 2.75) is 52.5 Å². The zero-order chi connectivity index (χ0) is 20.3. The summed E-state index contributed by atoms with van der Waals surface area (Å²) >= 11 is 3.39. The largest absolute Gasteiger partial charge is 0.345 e. The molecule has 1 aliphatic rings. The molecule has 1 amide bonds. The minimum atomic E-state index is -0.168. The Morgan fingerprint density at radius 2 is 1.93 bits per heavy atom. The van der Waals surface area contributed by atoms with E-state index in [0.717, 1.165) is 24.8 Å². The van der Waals surface area contributed by atoms with Crippen molar-refractivity contribution >= 4 is 21.8 Å². The van der Waals surface area contributed by atoms with Gasteiger partial charge in [-0.3, -0.25) is 9.59 Å². The molecule has 150 valence electrons. The number of nitrogens with one attached hydrogen (secondary N) is 2. The Kier molecular flexibility index (Phi) is 6.60. The lowest BCUT2D eigenvalue weighted by atomic mass is 9.77. The van der Waals surface area contributed by atoms with Gasteiger partial charge in [-0.25, -0.2) is 4.68 Å². The molecule has 1 aliphatic carbocycles. The molecule has 1 aromatic carbocycles. The lowest BCUT2D eigenvalue weighted by Gasteiger charge is -2.35. The Morgan fingerprint density at radius 1 is 1.25 bits per heavy atom. The first kappa shape index (κ1) is 20.6. The molecule has 2 aromatic rings. The Hall–Kier alpha value is -2.08. The zero-order valence-electron chi connectivity index (χ0n) is 16.7. The van der Waals surface area contributed by atoms with E-state index in [1.165, 1.54) is 11.1 Å². The van der Waals surface area contributed by atoms with Gasteiger partial charge in [0, 0.05) is 6.54 Å². The lowest BCUT2D eigenvalue weighted by molar-refractivity contribution is 0.0898. The normalized spacial score (nSPS) is 15.0. The van der Waals surface area contributed by atoms with Crippen molar-refractivity contribution in [2.24, 2.45) is 5.92 Å². The fourth-order valence-electron chi connectivity index (χ4n) is 3.77. The van der Waals surface area contributed by atoms with Crippen LogP contribution in [0.5, 0.6) is 0 Å². The van der Waals surface area contributed by atoms with Gasteiger partial charge in [0.1, 0.15) is 0 Å². The van der Waals surface area contributed by atoms with Crippen molar-refractivity contribution in [1.29, 1.82) is 0 Å². The minimum Gasteiger partial charge on any atom is -0.345 e. The summed E-state index contributed by atoms with van der Waals surface area (Å²) in [7, 11) is 0. The van der Waals surface area contributed by atoms with Crippen molar-refractivity contribution < 1.29 is 4.79 Å². The molecular weight excluding hydrogens is 418 g/mol. The van der Waals surface area contributed by atoms with Crippen LogP contribution in [0.3, 0.4) is 0 Å². The van der Waals surface area contributed by atoms with Gasteiger partial charge in [0.15, 0.2) is 0 Å². The van der Waals surface area contributed by atoms with Gasteiger partial charge >= 0.3 is 0 Å². The van der Waals surface area contributed by atoms with E-state index in [2.05, 4.69) is 38.8 Å². The number of hydrogen-bond acceptors (Lipinski definition) is 3. The van der Waals surface area contributed by atoms with Crippen molar-refractivity contribution in [3.63, 3.8) is 0 Å². The maximum absolute atomic E-state index is 13.3. The number of hydrogen-bond donors (Lipinski definition) is 2. The Morgan fingerprint density at radius 3 is 2.50 bits per heavy atom. The van der Waals surface area contributed by atoms with Gasteiger partial charge in [-0.15, -0.1) is 0 Å². The highest BCUT2D eigenvalue weighted by molar-refractivity contribution is 9.10. The smallest absolute Gasteiger partial charge is 0.283 e. The molecular formula is C22H28BrN3O2. The zero-order valence-corrected chi connectivity index (χ0v) is 18.3. The van der Waals surface area contributed by atoms with Gasteiger partial charge in [0.05, 0.1) is 21.8 Å². The number of carbonyl (C=O) groups excluding carboxylic acids is 1. The third-order valence-corrected chi connectivity index (χ3v) is 6.54. The molecule has 0 saturated heterocycles. The first-order valence-electron chi connectivity index (χ1n) is 9.97. The second-order valence-corrected chi connectivity index (χ2v) is 8.29. The van der Waals surface area contributed by atoms with Crippen molar-refractivity contribution in [3.8, 4) is 0 Å². The first-order chi connectivity index (χ1) is 13.5. The van der Waals surface area contributed by atoms with E-state index in [0.29, 0.717) is 33.8 Å². The van der Waals surface area contributed by atoms with E-state index in [-0.39, 0.29) is 17.5 Å². The molecule has 0 bridgehead atoms. The van der Waals surface area contributed by atoms with E-state index in [1.54, 1.807) is 0 Å². The van der Waals surface area contributed by atoms with E-state index in [9.17, 15) is 9.59 Å². The summed E-state index contributed by atoms with van der Waals surface area (Å²) in [6.45, 7) is 6.33. The first-order valence-corrected chi connectivity index (χ1v) is 10.8. The Balaban J connectivity index is 1.96. The predicted molar refractivity (Wildman–Crippen MR) is 116 cm³/mol. The number of aromatic nitrogens is 1. The highest BCUT2D eigenvalue weighted by atomic mass is 79.9. The second kappa shape index (κ2) is 8.95. The molecule has 28 heavy (non-hydrogen) atoms. The Labute approximate surface area is 174 Å². The Bertz CT molecular complexity index is 904. The number of halogens is 1. The van der Waals surface area contributed by atoms with Gasteiger partial charge in [-0.2, -0.15) is 0 Å². The summed E-state index contributed by atoms with van der Waals surface area (Å²) in [4.78, 5) is 25.9. The average molecular weight is 446 g/mol. The number of benzene rings is 1. The summed E-state index contributed by atoms with van der Waals surface area (Å²) in [5.41, 5.74) is 5.95. The molecule has 1 atom stereocenters. The molecule has 1 saturated carbocycles. The number of nitrogens with zero attached hydrogens (tertiary/aromatic N) is 1. The summed E-state index contributed by atoms with van der Waals surface area (Å²) in [5, 5.41) is 3.26. The average Bonchev–Trinajstić information content (AvgIpc) is 2.65. The predicted octanol–water partition coefficient (Wildman–Crippen LogP) is 4.45. The van der Waals surface area contributed by atoms with Crippen molar-refractivity contribution in [1.82, 2.24) is 9.99 Å². The molecule has 1 aromatic heterocycles. The standard InChI is InChI=1S/C22H28BrN3O2/c1-4-13-24-26-15(3)18(14(2)19(23)22(26)28)21(27)25-20(17-11-8-12-17)16-9-6-5-7-10-16/h5-7,9-10,17,20,24H,4,8,11-13H2,1-3H3,(H,25,27)/t20-/m1/s1. The van der Waals surface area contributed by atoms with Crippen LogP contribution in [0.4, 0.5) is 0 Å². The fourth-order valence-corrected chi connectivity index (χ4v) is 4.15. The molecule has 0 radical (unpaired) electrons. The van der Waals surface area contributed by atoms with E-state index < -0.39 is 0 Å². The fraction of sp³-hybridized carbons (Fsp3) is 0.455. The molecule has 1 heterocycles. The third kappa shape index (κ3) is 4.02. The van der Waals surface area contributed by atoms with Crippen LogP contribution in [-0.4, -0.2) is 17.1 Å². The van der Waals surface area contributed by atoms with Crippen LogP contribution in [0.15, 0.2) is 39.6 Å². The molecule has 6 heteroatoms. The van der Waals surface area contributed by atoms with Gasteiger partial charge in [-0.05, 0) is 66.1 Å². The van der Waals surface area contributed by atoms with Gasteiger partial charge in [0.25, 0.3) is 11.5 Å². The van der Waals surface area contributed by atoms with E-state index >= 15 is 0 Å². The number of rotatable bonds is 7. The molecule has 0 spiro atoms. The topological polar surface area (TPSA) is 63.1 Å². The molecule has 0 unspecified atom stereocenters. The number of amides is 1. The SMILES string of the molecule is CCCNn1c(C)c(C(=O)N[C@H](c2ccccc2)C2CCC2)c(C)c(Br)c1=O. The second-order valence-electron chi connectivity index (χ2n) is 7.50. The van der Waals surface area contributed by atoms with Gasteiger partial charge in [-0.1, -0.05) is 43.7 Å². The van der Waals surface area contributed by atoms with Gasteiger partial charge in [0.2, 0.25) is 0 Å². The van der Waals surface area contributed by atoms with Crippen LogP contribution >= 0.6 is 15.9 Å². The molecule has 5 nitrogen and oxygen atoms in total. The van der Waals surface area contributed by atoms with Crippen LogP contribution in [0.25, 0.3) is 0 Å². The van der Waals surface area contributed by atoms with Crippen LogP contribution in [0.1, 0.15) is 65.8 Å². The minimum absolute atomic E-state index is 0.0102. The maximum Gasteiger partial charge on any atom is 0.283 e. The van der Waals surface area contributed by atoms with Gasteiger partial charge < -0.3 is 10.7 Å². The molecule has 1 fully saturated rings.